The van der Waals surface area contributed by atoms with Gasteiger partial charge >= 0.3 is 5.69 Å². The predicted molar refractivity (Wildman–Crippen MR) is 174 cm³/mol. The minimum Gasteiger partial charge on any atom is -0.496 e. The summed E-state index contributed by atoms with van der Waals surface area (Å²) in [5.41, 5.74) is 2.99. The van der Waals surface area contributed by atoms with Crippen LogP contribution in [0.1, 0.15) is 42.0 Å². The van der Waals surface area contributed by atoms with Crippen LogP contribution in [0.2, 0.25) is 10.0 Å². The summed E-state index contributed by atoms with van der Waals surface area (Å²) in [4.78, 5) is 30.1. The lowest BCUT2D eigenvalue weighted by atomic mass is 9.96. The molecule has 1 heterocycles. The summed E-state index contributed by atoms with van der Waals surface area (Å²) in [6, 6.07) is 20.5. The summed E-state index contributed by atoms with van der Waals surface area (Å²) < 4.78 is 12.8. The van der Waals surface area contributed by atoms with Crippen LogP contribution in [-0.2, 0) is 6.61 Å². The number of benzene rings is 4. The molecule has 5 aromatic rings. The normalized spacial score (nSPS) is 11.4. The van der Waals surface area contributed by atoms with Gasteiger partial charge in [0, 0.05) is 32.8 Å². The molecule has 1 aromatic heterocycles. The molecule has 0 saturated carbocycles. The third-order valence-corrected chi connectivity index (χ3v) is 7.68. The van der Waals surface area contributed by atoms with Crippen LogP contribution >= 0.6 is 23.2 Å². The highest BCUT2D eigenvalue weighted by Gasteiger charge is 2.22. The van der Waals surface area contributed by atoms with Crippen LogP contribution in [0.15, 0.2) is 82.7 Å². The van der Waals surface area contributed by atoms with E-state index in [0.29, 0.717) is 32.9 Å². The maximum absolute atomic E-state index is 13.9. The van der Waals surface area contributed by atoms with E-state index in [9.17, 15) is 14.9 Å². The average Bonchev–Trinajstić information content (AvgIpc) is 3.00. The summed E-state index contributed by atoms with van der Waals surface area (Å²) in [5.74, 6) is 1.07. The summed E-state index contributed by atoms with van der Waals surface area (Å²) >= 11 is 12.6. The van der Waals surface area contributed by atoms with Crippen molar-refractivity contribution in [3.8, 4) is 22.9 Å². The van der Waals surface area contributed by atoms with E-state index in [2.05, 4.69) is 5.10 Å². The molecule has 0 aliphatic heterocycles. The van der Waals surface area contributed by atoms with Gasteiger partial charge in [-0.1, -0.05) is 67.4 Å². The zero-order chi connectivity index (χ0) is 31.5. The van der Waals surface area contributed by atoms with Gasteiger partial charge in [0.1, 0.15) is 12.4 Å². The van der Waals surface area contributed by atoms with E-state index < -0.39 is 10.5 Å². The smallest absolute Gasteiger partial charge is 0.313 e. The number of aryl methyl sites for hydroxylation is 1. The highest BCUT2D eigenvalue weighted by atomic mass is 35.5. The van der Waals surface area contributed by atoms with Crippen LogP contribution in [0.5, 0.6) is 11.5 Å². The molecule has 9 nitrogen and oxygen atoms in total. The summed E-state index contributed by atoms with van der Waals surface area (Å²) in [7, 11) is 1.62. The lowest BCUT2D eigenvalue weighted by Crippen LogP contribution is -2.21. The second kappa shape index (κ2) is 12.9. The van der Waals surface area contributed by atoms with Gasteiger partial charge in [-0.05, 0) is 60.4 Å². The molecule has 0 aliphatic rings. The number of methoxy groups -OCH3 is 1. The van der Waals surface area contributed by atoms with Crippen LogP contribution in [-0.4, -0.2) is 27.9 Å². The van der Waals surface area contributed by atoms with Gasteiger partial charge in [-0.15, -0.1) is 0 Å². The minimum absolute atomic E-state index is 0.0469. The van der Waals surface area contributed by atoms with Crippen molar-refractivity contribution in [2.75, 3.05) is 7.11 Å². The Bertz CT molecular complexity index is 1990. The van der Waals surface area contributed by atoms with Crippen molar-refractivity contribution >= 4 is 46.0 Å². The standard InChI is InChI=1S/C33H28Cl2N4O5/c1-19(2)25-16-26(20(3)13-30(25)43-4)32-37-28-12-8-6-10-24(28)33(40)38(32)36-17-22-14-23(34)15-29(39(41)42)31(22)44-18-21-9-5-7-11-27(21)35/h5-17,19H,18H2,1-4H3. The molecule has 0 saturated heterocycles. The zero-order valence-electron chi connectivity index (χ0n) is 24.4. The Morgan fingerprint density at radius 1 is 1.07 bits per heavy atom. The van der Waals surface area contributed by atoms with Gasteiger partial charge in [0.05, 0.1) is 29.2 Å². The molecular weight excluding hydrogens is 603 g/mol. The van der Waals surface area contributed by atoms with Gasteiger partial charge in [0.2, 0.25) is 5.75 Å². The maximum atomic E-state index is 13.9. The Hall–Kier alpha value is -4.73. The Morgan fingerprint density at radius 2 is 1.80 bits per heavy atom. The number of rotatable bonds is 9. The Morgan fingerprint density at radius 3 is 2.50 bits per heavy atom. The summed E-state index contributed by atoms with van der Waals surface area (Å²) in [5, 5.41) is 17.5. The summed E-state index contributed by atoms with van der Waals surface area (Å²) in [6.07, 6.45) is 1.31. The fraction of sp³-hybridized carbons (Fsp3) is 0.182. The topological polar surface area (TPSA) is 109 Å². The molecule has 0 fully saturated rings. The third-order valence-electron chi connectivity index (χ3n) is 7.10. The number of fused-ring (bicyclic) bond motifs is 1. The fourth-order valence-corrected chi connectivity index (χ4v) is 5.26. The largest absolute Gasteiger partial charge is 0.496 e. The van der Waals surface area contributed by atoms with E-state index in [1.54, 1.807) is 55.6 Å². The van der Waals surface area contributed by atoms with E-state index in [0.717, 1.165) is 16.9 Å². The predicted octanol–water partition coefficient (Wildman–Crippen LogP) is 8.18. The van der Waals surface area contributed by atoms with Crippen LogP contribution in [0.25, 0.3) is 22.3 Å². The van der Waals surface area contributed by atoms with Crippen molar-refractivity contribution in [3.05, 3.63) is 126 Å². The van der Waals surface area contributed by atoms with E-state index in [1.165, 1.54) is 23.0 Å². The molecule has 0 unspecified atom stereocenters. The average molecular weight is 632 g/mol. The number of ether oxygens (including phenoxy) is 2. The highest BCUT2D eigenvalue weighted by Crippen LogP contribution is 2.36. The lowest BCUT2D eigenvalue weighted by molar-refractivity contribution is -0.385. The van der Waals surface area contributed by atoms with Crippen molar-refractivity contribution in [2.24, 2.45) is 5.10 Å². The number of nitrogens with zero attached hydrogens (tertiary/aromatic N) is 4. The SMILES string of the molecule is COc1cc(C)c(-c2nc3ccccc3c(=O)n2N=Cc2cc(Cl)cc([N+](=O)[O-])c2OCc2ccccc2Cl)cc1C(C)C. The molecule has 0 bridgehead atoms. The van der Waals surface area contributed by atoms with Gasteiger partial charge in [-0.2, -0.15) is 9.78 Å². The van der Waals surface area contributed by atoms with Crippen LogP contribution < -0.4 is 15.0 Å². The van der Waals surface area contributed by atoms with E-state index in [1.807, 2.05) is 32.9 Å². The van der Waals surface area contributed by atoms with Crippen molar-refractivity contribution < 1.29 is 14.4 Å². The Balaban J connectivity index is 1.71. The van der Waals surface area contributed by atoms with E-state index in [-0.39, 0.29) is 34.5 Å². The molecule has 44 heavy (non-hydrogen) atoms. The number of aromatic nitrogens is 2. The number of hydrogen-bond acceptors (Lipinski definition) is 7. The first-order chi connectivity index (χ1) is 21.1. The van der Waals surface area contributed by atoms with Crippen molar-refractivity contribution in [1.29, 1.82) is 0 Å². The number of para-hydroxylation sites is 1. The maximum Gasteiger partial charge on any atom is 0.313 e. The van der Waals surface area contributed by atoms with Crippen LogP contribution in [0.3, 0.4) is 0 Å². The second-order valence-corrected chi connectivity index (χ2v) is 11.2. The molecule has 0 atom stereocenters. The Labute approximate surface area is 263 Å². The molecule has 5 rings (SSSR count). The molecule has 4 aromatic carbocycles. The first kappa shape index (κ1) is 30.7. The van der Waals surface area contributed by atoms with Gasteiger partial charge in [-0.3, -0.25) is 14.9 Å². The van der Waals surface area contributed by atoms with Gasteiger partial charge < -0.3 is 9.47 Å². The van der Waals surface area contributed by atoms with Gasteiger partial charge in [-0.25, -0.2) is 4.98 Å². The van der Waals surface area contributed by atoms with Gasteiger partial charge in [0.25, 0.3) is 5.56 Å². The van der Waals surface area contributed by atoms with E-state index >= 15 is 0 Å². The van der Waals surface area contributed by atoms with Crippen LogP contribution in [0.4, 0.5) is 5.69 Å². The van der Waals surface area contributed by atoms with Crippen molar-refractivity contribution in [2.45, 2.75) is 33.3 Å². The Kier molecular flexibility index (Phi) is 8.98. The molecule has 224 valence electrons. The summed E-state index contributed by atoms with van der Waals surface area (Å²) in [6.45, 7) is 5.95. The molecule has 0 amide bonds. The monoisotopic (exact) mass is 630 g/mol. The first-order valence-electron chi connectivity index (χ1n) is 13.7. The molecule has 0 spiro atoms. The van der Waals surface area contributed by atoms with Gasteiger partial charge in [0.15, 0.2) is 5.82 Å². The quantitative estimate of drug-likeness (QED) is 0.0922. The molecule has 0 aliphatic carbocycles. The number of nitro groups is 1. The molecular formula is C33H28Cl2N4O5. The van der Waals surface area contributed by atoms with Crippen molar-refractivity contribution in [3.63, 3.8) is 0 Å². The second-order valence-electron chi connectivity index (χ2n) is 10.4. The lowest BCUT2D eigenvalue weighted by Gasteiger charge is -2.17. The minimum atomic E-state index is -0.589. The number of hydrogen-bond donors (Lipinski definition) is 0. The van der Waals surface area contributed by atoms with Crippen LogP contribution in [0, 0.1) is 17.0 Å². The zero-order valence-corrected chi connectivity index (χ0v) is 25.9. The fourth-order valence-electron chi connectivity index (χ4n) is 4.85. The number of nitro benzene ring substituents is 1. The number of halogens is 2. The third kappa shape index (κ3) is 6.15. The van der Waals surface area contributed by atoms with E-state index in [4.69, 9.17) is 37.7 Å². The molecule has 0 radical (unpaired) electrons. The van der Waals surface area contributed by atoms with Crippen molar-refractivity contribution in [1.82, 2.24) is 9.66 Å². The molecule has 0 N–H and O–H groups in total. The molecule has 11 heteroatoms. The first-order valence-corrected chi connectivity index (χ1v) is 14.4. The highest BCUT2D eigenvalue weighted by molar-refractivity contribution is 6.31.